The minimum atomic E-state index is 0.0726. The van der Waals surface area contributed by atoms with Crippen LogP contribution in [0.2, 0.25) is 0 Å². The second kappa shape index (κ2) is 19.9. The summed E-state index contributed by atoms with van der Waals surface area (Å²) in [5.74, 6) is 6.86. The number of carbonyl (C=O) groups is 1. The van der Waals surface area contributed by atoms with Gasteiger partial charge in [0.25, 0.3) is 0 Å². The highest BCUT2D eigenvalue weighted by Gasteiger charge is 2.61. The third kappa shape index (κ3) is 10.3. The molecule has 0 N–H and O–H groups in total. The molecule has 0 heterocycles. The molecule has 288 valence electrons. The molecule has 0 aliphatic heterocycles. The Hall–Kier alpha value is -1.05. The summed E-state index contributed by atoms with van der Waals surface area (Å²) in [7, 11) is 0. The first-order valence-corrected chi connectivity index (χ1v) is 22.5. The van der Waals surface area contributed by atoms with E-state index in [1.807, 2.05) is 0 Å². The Kier molecular flexibility index (Phi) is 16.6. The van der Waals surface area contributed by atoms with Gasteiger partial charge < -0.3 is 4.74 Å². The zero-order valence-electron chi connectivity index (χ0n) is 34.9. The molecule has 0 aromatic heterocycles. The van der Waals surface area contributed by atoms with Gasteiger partial charge in [0.2, 0.25) is 0 Å². The maximum Gasteiger partial charge on any atom is 0.306 e. The summed E-state index contributed by atoms with van der Waals surface area (Å²) in [4.78, 5) is 13.0. The van der Waals surface area contributed by atoms with Crippen molar-refractivity contribution in [2.75, 3.05) is 0 Å². The summed E-state index contributed by atoms with van der Waals surface area (Å²) < 4.78 is 6.29. The zero-order valence-corrected chi connectivity index (χ0v) is 34.9. The number of hydrogen-bond acceptors (Lipinski definition) is 2. The molecule has 0 unspecified atom stereocenters. The Morgan fingerprint density at radius 3 is 1.96 bits per heavy atom. The van der Waals surface area contributed by atoms with Crippen LogP contribution in [0.5, 0.6) is 0 Å². The third-order valence-electron chi connectivity index (χ3n) is 16.0. The highest BCUT2D eigenvalue weighted by molar-refractivity contribution is 5.69. The Bertz CT molecular complexity index is 1070. The normalized spacial score (nSPS) is 35.5. The molecule has 4 rings (SSSR count). The fourth-order valence-corrected chi connectivity index (χ4v) is 12.5. The molecular weight excluding hydrogens is 609 g/mol. The first kappa shape index (κ1) is 41.7. The van der Waals surface area contributed by atoms with Crippen molar-refractivity contribution < 1.29 is 9.53 Å². The SMILES string of the molecule is CCCCCCCC/C=C\CCCCCCCC(=O)O[C@H]1CC[C@@]2(C)[C@@H](CC[C@@H]3[C@@H]2CC[C@]2(C)[C@@H]([C@H](C)/C=C(\C)[C@H](C)C(C)C)CC[C@@H]32)[C@@H]1C. The summed E-state index contributed by atoms with van der Waals surface area (Å²) in [6.07, 6.45) is 35.8. The van der Waals surface area contributed by atoms with Crippen molar-refractivity contribution in [2.45, 2.75) is 210 Å². The van der Waals surface area contributed by atoms with Gasteiger partial charge in [0.1, 0.15) is 6.10 Å². The largest absolute Gasteiger partial charge is 0.462 e. The molecule has 50 heavy (non-hydrogen) atoms. The Labute approximate surface area is 312 Å². The number of rotatable bonds is 20. The van der Waals surface area contributed by atoms with Crippen LogP contribution >= 0.6 is 0 Å². The molecule has 0 aromatic carbocycles. The number of allylic oxidation sites excluding steroid dienone is 4. The highest BCUT2D eigenvalue weighted by Crippen LogP contribution is 2.69. The molecule has 2 nitrogen and oxygen atoms in total. The van der Waals surface area contributed by atoms with Gasteiger partial charge in [0.15, 0.2) is 0 Å². The van der Waals surface area contributed by atoms with Gasteiger partial charge >= 0.3 is 5.97 Å². The van der Waals surface area contributed by atoms with E-state index >= 15 is 0 Å². The van der Waals surface area contributed by atoms with Crippen molar-refractivity contribution in [2.24, 2.45) is 64.1 Å². The molecule has 2 heteroatoms. The lowest BCUT2D eigenvalue weighted by Gasteiger charge is -2.62. The number of carbonyl (C=O) groups excluding carboxylic acids is 1. The molecule has 0 amide bonds. The first-order chi connectivity index (χ1) is 23.9. The fourth-order valence-electron chi connectivity index (χ4n) is 12.5. The number of ether oxygens (including phenoxy) is 1. The van der Waals surface area contributed by atoms with E-state index in [0.717, 1.165) is 48.9 Å². The van der Waals surface area contributed by atoms with Gasteiger partial charge in [-0.3, -0.25) is 4.79 Å². The van der Waals surface area contributed by atoms with Crippen LogP contribution in [0, 0.1) is 64.1 Å². The smallest absolute Gasteiger partial charge is 0.306 e. The maximum atomic E-state index is 13.0. The van der Waals surface area contributed by atoms with Crippen molar-refractivity contribution in [3.63, 3.8) is 0 Å². The number of unbranched alkanes of at least 4 members (excludes halogenated alkanes) is 11. The van der Waals surface area contributed by atoms with Crippen LogP contribution in [0.4, 0.5) is 0 Å². The average Bonchev–Trinajstić information content (AvgIpc) is 3.44. The van der Waals surface area contributed by atoms with Crippen LogP contribution in [0.3, 0.4) is 0 Å². The van der Waals surface area contributed by atoms with Crippen molar-refractivity contribution in [3.05, 3.63) is 23.8 Å². The van der Waals surface area contributed by atoms with Gasteiger partial charge in [-0.2, -0.15) is 0 Å². The van der Waals surface area contributed by atoms with E-state index in [9.17, 15) is 4.79 Å². The van der Waals surface area contributed by atoms with E-state index in [4.69, 9.17) is 4.74 Å². The number of hydrogen-bond donors (Lipinski definition) is 0. The Morgan fingerprint density at radius 1 is 0.720 bits per heavy atom. The van der Waals surface area contributed by atoms with Crippen LogP contribution in [-0.2, 0) is 9.53 Å². The lowest BCUT2D eigenvalue weighted by Crippen LogP contribution is -2.56. The van der Waals surface area contributed by atoms with Gasteiger partial charge in [-0.1, -0.05) is 131 Å². The molecule has 4 aliphatic carbocycles. The van der Waals surface area contributed by atoms with Crippen molar-refractivity contribution >= 4 is 5.97 Å². The molecule has 0 spiro atoms. The van der Waals surface area contributed by atoms with E-state index in [-0.39, 0.29) is 12.1 Å². The van der Waals surface area contributed by atoms with Crippen LogP contribution in [-0.4, -0.2) is 12.1 Å². The molecule has 4 saturated carbocycles. The summed E-state index contributed by atoms with van der Waals surface area (Å²) in [6.45, 7) is 22.2. The number of fused-ring (bicyclic) bond motifs is 5. The average molecular weight is 693 g/mol. The Morgan fingerprint density at radius 2 is 1.30 bits per heavy atom. The standard InChI is InChI=1S/C48H84O2/c1-10-11-12-13-14-15-16-17-18-19-20-21-22-23-24-25-46(49)50-45-31-33-48(9)42(39(45)7)27-26-40-43-29-28-41(47(43,8)32-30-44(40)48)37(5)34-36(4)38(6)35(2)3/h17-18,34-35,37-45H,10-16,19-33H2,1-9H3/b18-17-,36-34+/t37-,38-,39+,40+,41-,42+,43+,44+,45+,47-,48+/m1/s1. The monoisotopic (exact) mass is 693 g/mol. The lowest BCUT2D eigenvalue weighted by molar-refractivity contribution is -0.175. The Balaban J connectivity index is 1.16. The molecule has 0 aromatic rings. The van der Waals surface area contributed by atoms with Crippen molar-refractivity contribution in [1.29, 1.82) is 0 Å². The van der Waals surface area contributed by atoms with Crippen LogP contribution in [0.25, 0.3) is 0 Å². The molecule has 4 aliphatic rings. The predicted octanol–water partition coefficient (Wildman–Crippen LogP) is 14.7. The van der Waals surface area contributed by atoms with Crippen LogP contribution in [0.15, 0.2) is 23.8 Å². The molecule has 11 atom stereocenters. The summed E-state index contributed by atoms with van der Waals surface area (Å²) in [5.41, 5.74) is 2.53. The van der Waals surface area contributed by atoms with E-state index in [1.165, 1.54) is 116 Å². The van der Waals surface area contributed by atoms with Crippen LogP contribution in [0.1, 0.15) is 204 Å². The minimum Gasteiger partial charge on any atom is -0.462 e. The third-order valence-corrected chi connectivity index (χ3v) is 16.0. The summed E-state index contributed by atoms with van der Waals surface area (Å²) in [6, 6.07) is 0. The van der Waals surface area contributed by atoms with E-state index in [2.05, 4.69) is 80.5 Å². The summed E-state index contributed by atoms with van der Waals surface area (Å²) >= 11 is 0. The van der Waals surface area contributed by atoms with Gasteiger partial charge in [0, 0.05) is 6.42 Å². The molecule has 0 radical (unpaired) electrons. The molecule has 0 bridgehead atoms. The van der Waals surface area contributed by atoms with Gasteiger partial charge in [-0.05, 0) is 154 Å². The molecule has 4 fully saturated rings. The van der Waals surface area contributed by atoms with Crippen molar-refractivity contribution in [3.8, 4) is 0 Å². The summed E-state index contributed by atoms with van der Waals surface area (Å²) in [5, 5.41) is 0. The first-order valence-electron chi connectivity index (χ1n) is 22.5. The van der Waals surface area contributed by atoms with E-state index in [0.29, 0.717) is 40.9 Å². The van der Waals surface area contributed by atoms with Crippen molar-refractivity contribution in [1.82, 2.24) is 0 Å². The van der Waals surface area contributed by atoms with Crippen LogP contribution < -0.4 is 0 Å². The quantitative estimate of drug-likeness (QED) is 0.0721. The predicted molar refractivity (Wildman–Crippen MR) is 216 cm³/mol. The highest BCUT2D eigenvalue weighted by atomic mass is 16.5. The zero-order chi connectivity index (χ0) is 36.3. The van der Waals surface area contributed by atoms with E-state index in [1.54, 1.807) is 5.57 Å². The lowest BCUT2D eigenvalue weighted by atomic mass is 9.43. The number of esters is 1. The topological polar surface area (TPSA) is 26.3 Å². The second-order valence-corrected chi connectivity index (χ2v) is 19.4. The van der Waals surface area contributed by atoms with Gasteiger partial charge in [-0.25, -0.2) is 0 Å². The molecular formula is C48H84O2. The van der Waals surface area contributed by atoms with Gasteiger partial charge in [0.05, 0.1) is 0 Å². The molecule has 0 saturated heterocycles. The second-order valence-electron chi connectivity index (χ2n) is 19.4. The van der Waals surface area contributed by atoms with E-state index < -0.39 is 0 Å². The maximum absolute atomic E-state index is 13.0. The fraction of sp³-hybridized carbons (Fsp3) is 0.896. The van der Waals surface area contributed by atoms with Gasteiger partial charge in [-0.15, -0.1) is 0 Å². The minimum absolute atomic E-state index is 0.0726.